The van der Waals surface area contributed by atoms with Gasteiger partial charge in [-0.25, -0.2) is 9.50 Å². The number of carbonyl (C=O) groups is 1. The lowest BCUT2D eigenvalue weighted by molar-refractivity contribution is -0.173. The van der Waals surface area contributed by atoms with Crippen LogP contribution in [0.1, 0.15) is 11.4 Å². The van der Waals surface area contributed by atoms with Crippen LogP contribution in [-0.2, 0) is 11.3 Å². The van der Waals surface area contributed by atoms with Gasteiger partial charge in [-0.2, -0.15) is 13.2 Å². The highest BCUT2D eigenvalue weighted by atomic mass is 32.1. The van der Waals surface area contributed by atoms with Gasteiger partial charge in [-0.1, -0.05) is 6.07 Å². The van der Waals surface area contributed by atoms with Crippen LogP contribution in [0.4, 0.5) is 13.2 Å². The Balaban J connectivity index is 2.02. The van der Waals surface area contributed by atoms with E-state index in [1.54, 1.807) is 12.2 Å². The molecule has 0 atom stereocenters. The van der Waals surface area contributed by atoms with Gasteiger partial charge >= 0.3 is 12.1 Å². The van der Waals surface area contributed by atoms with Crippen LogP contribution in [0, 0.1) is 6.92 Å². The van der Waals surface area contributed by atoms with Crippen LogP contribution in [0.2, 0.25) is 0 Å². The molecule has 0 spiro atoms. The topological polar surface area (TPSA) is 79.3 Å². The Morgan fingerprint density at radius 2 is 2.21 bits per heavy atom. The van der Waals surface area contributed by atoms with Crippen molar-refractivity contribution in [2.75, 3.05) is 0 Å². The lowest BCUT2D eigenvalue weighted by atomic mass is 10.2. The smallest absolute Gasteiger partial charge is 0.343 e. The van der Waals surface area contributed by atoms with Crippen molar-refractivity contribution in [1.29, 1.82) is 0 Å². The zero-order chi connectivity index (χ0) is 17.5. The van der Waals surface area contributed by atoms with E-state index < -0.39 is 24.2 Å². The monoisotopic (exact) mass is 356 g/mol. The van der Waals surface area contributed by atoms with Gasteiger partial charge < -0.3 is 5.32 Å². The van der Waals surface area contributed by atoms with Gasteiger partial charge in [-0.3, -0.25) is 14.7 Å². The van der Waals surface area contributed by atoms with Crippen molar-refractivity contribution in [1.82, 2.24) is 19.9 Å². The number of amides is 1. The highest BCUT2D eigenvalue weighted by Gasteiger charge is 2.38. The van der Waals surface area contributed by atoms with Crippen molar-refractivity contribution in [2.45, 2.75) is 19.6 Å². The lowest BCUT2D eigenvalue weighted by Crippen LogP contribution is -2.36. The van der Waals surface area contributed by atoms with E-state index >= 15 is 0 Å². The third-order valence-electron chi connectivity index (χ3n) is 3.31. The van der Waals surface area contributed by atoms with Crippen molar-refractivity contribution >= 4 is 22.9 Å². The van der Waals surface area contributed by atoms with Crippen LogP contribution in [0.15, 0.2) is 28.4 Å². The summed E-state index contributed by atoms with van der Waals surface area (Å²) in [5, 5.41) is 6.46. The van der Waals surface area contributed by atoms with Crippen LogP contribution in [0.3, 0.4) is 0 Å². The lowest BCUT2D eigenvalue weighted by Gasteiger charge is -2.07. The zero-order valence-corrected chi connectivity index (χ0v) is 13.1. The van der Waals surface area contributed by atoms with E-state index in [2.05, 4.69) is 10.1 Å². The molecule has 0 fully saturated rings. The molecule has 3 rings (SSSR count). The van der Waals surface area contributed by atoms with Crippen LogP contribution in [0.25, 0.3) is 16.1 Å². The molecule has 0 unspecified atom stereocenters. The molecular formula is C14H11F3N4O2S. The largest absolute Gasteiger partial charge is 0.471 e. The summed E-state index contributed by atoms with van der Waals surface area (Å²) in [5.74, 6) is -2.08. The Labute approximate surface area is 136 Å². The Morgan fingerprint density at radius 1 is 1.46 bits per heavy atom. The fourth-order valence-electron chi connectivity index (χ4n) is 2.27. The molecule has 24 heavy (non-hydrogen) atoms. The summed E-state index contributed by atoms with van der Waals surface area (Å²) < 4.78 is 37.9. The maximum absolute atomic E-state index is 12.2. The number of halogens is 3. The van der Waals surface area contributed by atoms with Crippen LogP contribution in [-0.4, -0.2) is 26.7 Å². The van der Waals surface area contributed by atoms with Crippen molar-refractivity contribution in [3.63, 3.8) is 0 Å². The molecule has 1 amide bonds. The Kier molecular flexibility index (Phi) is 3.91. The molecule has 0 saturated carbocycles. The number of hydrogen-bond acceptors (Lipinski definition) is 4. The quantitative estimate of drug-likeness (QED) is 0.755. The molecule has 0 aliphatic carbocycles. The molecule has 0 aliphatic heterocycles. The number of carbonyl (C=O) groups excluding carboxylic acids is 1. The summed E-state index contributed by atoms with van der Waals surface area (Å²) in [4.78, 5) is 28.1. The molecule has 0 bridgehead atoms. The molecule has 10 heteroatoms. The predicted molar refractivity (Wildman–Crippen MR) is 81.8 cm³/mol. The average molecular weight is 356 g/mol. The van der Waals surface area contributed by atoms with Gasteiger partial charge in [0.15, 0.2) is 5.65 Å². The Morgan fingerprint density at radius 3 is 2.83 bits per heavy atom. The van der Waals surface area contributed by atoms with E-state index in [0.717, 1.165) is 10.9 Å². The number of aryl methyl sites for hydroxylation is 1. The van der Waals surface area contributed by atoms with E-state index in [4.69, 9.17) is 0 Å². The van der Waals surface area contributed by atoms with Crippen LogP contribution in [0.5, 0.6) is 0 Å². The van der Waals surface area contributed by atoms with Gasteiger partial charge in [0.2, 0.25) is 0 Å². The second-order valence-electron chi connectivity index (χ2n) is 5.01. The summed E-state index contributed by atoms with van der Waals surface area (Å²) in [7, 11) is 0. The number of thiophene rings is 1. The normalized spacial score (nSPS) is 11.8. The Bertz CT molecular complexity index is 957. The summed E-state index contributed by atoms with van der Waals surface area (Å²) in [5.41, 5.74) is 1.29. The summed E-state index contributed by atoms with van der Waals surface area (Å²) in [6.07, 6.45) is -4.98. The number of alkyl halides is 3. The van der Waals surface area contributed by atoms with Crippen molar-refractivity contribution in [3.05, 3.63) is 45.3 Å². The first kappa shape index (κ1) is 16.2. The predicted octanol–water partition coefficient (Wildman–Crippen LogP) is 2.24. The van der Waals surface area contributed by atoms with E-state index in [1.807, 2.05) is 17.5 Å². The molecule has 0 saturated heterocycles. The fourth-order valence-corrected chi connectivity index (χ4v) is 3.10. The van der Waals surface area contributed by atoms with E-state index in [1.165, 1.54) is 15.9 Å². The Hall–Kier alpha value is -2.62. The maximum Gasteiger partial charge on any atom is 0.471 e. The minimum absolute atomic E-state index is 0.0504. The second-order valence-corrected chi connectivity index (χ2v) is 5.96. The first-order chi connectivity index (χ1) is 11.3. The van der Waals surface area contributed by atoms with Crippen LogP contribution < -0.4 is 10.9 Å². The second kappa shape index (κ2) is 5.78. The number of nitrogens with one attached hydrogen (secondary N) is 2. The van der Waals surface area contributed by atoms with Gasteiger partial charge in [-0.05, 0) is 18.4 Å². The molecule has 126 valence electrons. The molecule has 0 aromatic carbocycles. The maximum atomic E-state index is 12.2. The van der Waals surface area contributed by atoms with Gasteiger partial charge in [-0.15, -0.1) is 11.3 Å². The molecule has 2 N–H and O–H groups in total. The molecule has 0 aliphatic rings. The first-order valence-electron chi connectivity index (χ1n) is 6.77. The molecule has 0 radical (unpaired) electrons. The van der Waals surface area contributed by atoms with Gasteiger partial charge in [0.1, 0.15) is 0 Å². The summed E-state index contributed by atoms with van der Waals surface area (Å²) in [6, 6.07) is 4.78. The molecule has 3 aromatic heterocycles. The minimum Gasteiger partial charge on any atom is -0.343 e. The minimum atomic E-state index is -4.98. The first-order valence-corrected chi connectivity index (χ1v) is 7.65. The number of fused-ring (bicyclic) bond motifs is 1. The number of aromatic nitrogens is 3. The van der Waals surface area contributed by atoms with Crippen molar-refractivity contribution in [2.24, 2.45) is 0 Å². The SMILES string of the molecule is Cc1[nH]n2c(=O)cc(CNC(=O)C(F)(F)F)nc2c1-c1cccs1. The molecule has 3 heterocycles. The molecule has 3 aromatic rings. The van der Waals surface area contributed by atoms with E-state index in [-0.39, 0.29) is 5.69 Å². The van der Waals surface area contributed by atoms with Gasteiger partial charge in [0.05, 0.1) is 17.8 Å². The number of aromatic amines is 1. The number of H-pyrrole nitrogens is 1. The van der Waals surface area contributed by atoms with Crippen molar-refractivity contribution < 1.29 is 18.0 Å². The van der Waals surface area contributed by atoms with E-state index in [9.17, 15) is 22.8 Å². The summed E-state index contributed by atoms with van der Waals surface area (Å²) in [6.45, 7) is 1.28. The van der Waals surface area contributed by atoms with Crippen molar-refractivity contribution in [3.8, 4) is 10.4 Å². The standard InChI is InChI=1S/C14H11F3N4O2S/c1-7-11(9-3-2-4-24-9)12-19-8(5-10(22)21(12)20-7)6-18-13(23)14(15,16)17/h2-5,20H,6H2,1H3,(H,18,23). The van der Waals surface area contributed by atoms with Gasteiger partial charge in [0, 0.05) is 16.6 Å². The third-order valence-corrected chi connectivity index (χ3v) is 4.19. The highest BCUT2D eigenvalue weighted by Crippen LogP contribution is 2.30. The number of nitrogens with zero attached hydrogens (tertiary/aromatic N) is 2. The van der Waals surface area contributed by atoms with Gasteiger partial charge in [0.25, 0.3) is 5.56 Å². The number of rotatable bonds is 3. The average Bonchev–Trinajstić information content (AvgIpc) is 3.10. The van der Waals surface area contributed by atoms with Crippen LogP contribution >= 0.6 is 11.3 Å². The fraction of sp³-hybridized carbons (Fsp3) is 0.214. The third kappa shape index (κ3) is 2.92. The molecule has 6 nitrogen and oxygen atoms in total. The summed E-state index contributed by atoms with van der Waals surface area (Å²) >= 11 is 1.45. The molecular weight excluding hydrogens is 345 g/mol. The number of hydrogen-bond donors (Lipinski definition) is 2. The highest BCUT2D eigenvalue weighted by molar-refractivity contribution is 7.13. The van der Waals surface area contributed by atoms with E-state index in [0.29, 0.717) is 16.9 Å². The zero-order valence-electron chi connectivity index (χ0n) is 12.3.